The molecule has 6 nitrogen and oxygen atoms in total. The van der Waals surface area contributed by atoms with Gasteiger partial charge in [-0.2, -0.15) is 0 Å². The van der Waals surface area contributed by atoms with Crippen molar-refractivity contribution < 1.29 is 29.1 Å². The van der Waals surface area contributed by atoms with E-state index in [1.807, 2.05) is 13.8 Å². The maximum absolute atomic E-state index is 11.8. The van der Waals surface area contributed by atoms with E-state index < -0.39 is 0 Å². The van der Waals surface area contributed by atoms with Crippen LogP contribution in [0.1, 0.15) is 43.5 Å². The van der Waals surface area contributed by atoms with Crippen LogP contribution in [0.2, 0.25) is 0 Å². The van der Waals surface area contributed by atoms with Gasteiger partial charge < -0.3 is 14.2 Å². The van der Waals surface area contributed by atoms with Crippen molar-refractivity contribution in [3.63, 3.8) is 0 Å². The Labute approximate surface area is 138 Å². The first-order chi connectivity index (χ1) is 11.3. The van der Waals surface area contributed by atoms with Crippen LogP contribution >= 0.6 is 0 Å². The summed E-state index contributed by atoms with van der Waals surface area (Å²) >= 11 is 0. The van der Waals surface area contributed by atoms with Crippen molar-refractivity contribution >= 4 is 5.97 Å². The largest absolute Gasteiger partial charge is 0.491 e. The standard InChI is InChI=1S/C15H22O6.C2H6/c1-18-11-12-19-14-7-5-13(6-8-14)15(16)20-9-3-2-4-10-21-17;1-2/h5-8,17H,2-4,9-12H2,1H3;1-2H3. The van der Waals surface area contributed by atoms with Crippen LogP contribution in [0, 0.1) is 0 Å². The molecule has 23 heavy (non-hydrogen) atoms. The second-order valence-corrected chi connectivity index (χ2v) is 4.40. The summed E-state index contributed by atoms with van der Waals surface area (Å²) in [6.07, 6.45) is 2.31. The monoisotopic (exact) mass is 328 g/mol. The van der Waals surface area contributed by atoms with Crippen molar-refractivity contribution in [2.45, 2.75) is 33.1 Å². The zero-order valence-corrected chi connectivity index (χ0v) is 14.2. The molecule has 0 aliphatic carbocycles. The van der Waals surface area contributed by atoms with Crippen LogP contribution in [-0.4, -0.2) is 44.8 Å². The maximum atomic E-state index is 11.8. The molecule has 1 aromatic rings. The van der Waals surface area contributed by atoms with E-state index in [9.17, 15) is 4.79 Å². The lowest BCUT2D eigenvalue weighted by Crippen LogP contribution is -2.07. The summed E-state index contributed by atoms with van der Waals surface area (Å²) in [5.41, 5.74) is 0.493. The molecule has 0 aliphatic rings. The first-order valence-corrected chi connectivity index (χ1v) is 7.93. The highest BCUT2D eigenvalue weighted by atomic mass is 17.1. The third-order valence-corrected chi connectivity index (χ3v) is 2.76. The quantitative estimate of drug-likeness (QED) is 0.290. The Kier molecular flexibility index (Phi) is 14.2. The van der Waals surface area contributed by atoms with Crippen LogP contribution in [-0.2, 0) is 14.4 Å². The van der Waals surface area contributed by atoms with Crippen LogP contribution in [0.25, 0.3) is 0 Å². The Morgan fingerprint density at radius 3 is 2.22 bits per heavy atom. The molecule has 0 atom stereocenters. The maximum Gasteiger partial charge on any atom is 0.338 e. The molecule has 0 spiro atoms. The Balaban J connectivity index is 0.00000232. The molecule has 132 valence electrons. The van der Waals surface area contributed by atoms with E-state index in [2.05, 4.69) is 4.89 Å². The number of benzene rings is 1. The second-order valence-electron chi connectivity index (χ2n) is 4.40. The Hall–Kier alpha value is -1.63. The summed E-state index contributed by atoms with van der Waals surface area (Å²) in [6.45, 7) is 5.65. The predicted octanol–water partition coefficient (Wildman–Crippen LogP) is 3.55. The minimum atomic E-state index is -0.350. The van der Waals surface area contributed by atoms with Gasteiger partial charge in [0, 0.05) is 7.11 Å². The van der Waals surface area contributed by atoms with Gasteiger partial charge in [0.15, 0.2) is 0 Å². The number of unbranched alkanes of at least 4 members (excludes halogenated alkanes) is 2. The molecule has 1 aromatic carbocycles. The second kappa shape index (κ2) is 15.3. The molecule has 0 radical (unpaired) electrons. The molecule has 0 fully saturated rings. The molecule has 0 amide bonds. The van der Waals surface area contributed by atoms with Gasteiger partial charge in [0.25, 0.3) is 0 Å². The van der Waals surface area contributed by atoms with E-state index in [1.54, 1.807) is 31.4 Å². The molecule has 0 bridgehead atoms. The third-order valence-electron chi connectivity index (χ3n) is 2.76. The van der Waals surface area contributed by atoms with Gasteiger partial charge in [0.2, 0.25) is 0 Å². The molecule has 0 aromatic heterocycles. The molecule has 0 aliphatic heterocycles. The van der Waals surface area contributed by atoms with Crippen LogP contribution in [0.4, 0.5) is 0 Å². The fraction of sp³-hybridized carbons (Fsp3) is 0.588. The van der Waals surface area contributed by atoms with Crippen molar-refractivity contribution in [1.82, 2.24) is 0 Å². The van der Waals surface area contributed by atoms with Crippen molar-refractivity contribution in [2.75, 3.05) is 33.5 Å². The molecular weight excluding hydrogens is 300 g/mol. The zero-order chi connectivity index (χ0) is 17.3. The highest BCUT2D eigenvalue weighted by Crippen LogP contribution is 2.13. The molecule has 6 heteroatoms. The highest BCUT2D eigenvalue weighted by molar-refractivity contribution is 5.89. The minimum absolute atomic E-state index is 0.304. The van der Waals surface area contributed by atoms with Gasteiger partial charge >= 0.3 is 5.97 Å². The smallest absolute Gasteiger partial charge is 0.338 e. The Morgan fingerprint density at radius 2 is 1.61 bits per heavy atom. The molecule has 0 saturated heterocycles. The normalized spacial score (nSPS) is 9.74. The Bertz CT molecular complexity index is 391. The van der Waals surface area contributed by atoms with Crippen LogP contribution in [0.5, 0.6) is 5.75 Å². The fourth-order valence-corrected chi connectivity index (χ4v) is 1.62. The van der Waals surface area contributed by atoms with E-state index >= 15 is 0 Å². The zero-order valence-electron chi connectivity index (χ0n) is 14.2. The van der Waals surface area contributed by atoms with Gasteiger partial charge in [-0.15, -0.1) is 0 Å². The number of ether oxygens (including phenoxy) is 3. The van der Waals surface area contributed by atoms with Gasteiger partial charge in [-0.1, -0.05) is 13.8 Å². The summed E-state index contributed by atoms with van der Waals surface area (Å²) in [4.78, 5) is 15.7. The van der Waals surface area contributed by atoms with E-state index in [0.717, 1.165) is 19.3 Å². The van der Waals surface area contributed by atoms with Gasteiger partial charge in [-0.25, -0.2) is 9.68 Å². The number of carbonyl (C=O) groups is 1. The SMILES string of the molecule is CC.COCCOc1ccc(C(=O)OCCCCCOO)cc1. The molecule has 1 rings (SSSR count). The number of hydrogen-bond donors (Lipinski definition) is 1. The third kappa shape index (κ3) is 10.7. The molecule has 0 heterocycles. The number of hydrogen-bond acceptors (Lipinski definition) is 6. The van der Waals surface area contributed by atoms with Gasteiger partial charge in [-0.05, 0) is 43.5 Å². The van der Waals surface area contributed by atoms with E-state index in [4.69, 9.17) is 19.5 Å². The van der Waals surface area contributed by atoms with Crippen LogP contribution in [0.3, 0.4) is 0 Å². The van der Waals surface area contributed by atoms with Crippen molar-refractivity contribution in [1.29, 1.82) is 0 Å². The number of carbonyl (C=O) groups excluding carboxylic acids is 1. The molecule has 0 unspecified atom stereocenters. The van der Waals surface area contributed by atoms with Crippen molar-refractivity contribution in [3.8, 4) is 5.75 Å². The first-order valence-electron chi connectivity index (χ1n) is 7.93. The molecule has 1 N–H and O–H groups in total. The lowest BCUT2D eigenvalue weighted by molar-refractivity contribution is -0.242. The highest BCUT2D eigenvalue weighted by Gasteiger charge is 2.06. The number of rotatable bonds is 11. The van der Waals surface area contributed by atoms with E-state index in [-0.39, 0.29) is 5.97 Å². The summed E-state index contributed by atoms with van der Waals surface area (Å²) in [6, 6.07) is 6.80. The van der Waals surface area contributed by atoms with Crippen LogP contribution < -0.4 is 4.74 Å². The van der Waals surface area contributed by atoms with Crippen LogP contribution in [0.15, 0.2) is 24.3 Å². The number of esters is 1. The van der Waals surface area contributed by atoms with Gasteiger partial charge in [0.05, 0.1) is 25.4 Å². The predicted molar refractivity (Wildman–Crippen MR) is 87.9 cm³/mol. The fourth-order valence-electron chi connectivity index (χ4n) is 1.62. The Morgan fingerprint density at radius 1 is 0.957 bits per heavy atom. The topological polar surface area (TPSA) is 74.2 Å². The lowest BCUT2D eigenvalue weighted by atomic mass is 10.2. The minimum Gasteiger partial charge on any atom is -0.491 e. The summed E-state index contributed by atoms with van der Waals surface area (Å²) in [5, 5.41) is 8.15. The van der Waals surface area contributed by atoms with Crippen molar-refractivity contribution in [2.24, 2.45) is 0 Å². The molecule has 0 saturated carbocycles. The van der Waals surface area contributed by atoms with Crippen molar-refractivity contribution in [3.05, 3.63) is 29.8 Å². The average Bonchev–Trinajstić information content (AvgIpc) is 2.60. The molecular formula is C17H28O6. The average molecular weight is 328 g/mol. The lowest BCUT2D eigenvalue weighted by Gasteiger charge is -2.07. The van der Waals surface area contributed by atoms with Gasteiger partial charge in [-0.3, -0.25) is 5.26 Å². The van der Waals surface area contributed by atoms with E-state index in [1.165, 1.54) is 0 Å². The van der Waals surface area contributed by atoms with E-state index in [0.29, 0.717) is 37.7 Å². The summed E-state index contributed by atoms with van der Waals surface area (Å²) < 4.78 is 15.4. The first kappa shape index (κ1) is 21.4. The number of methoxy groups -OCH3 is 1. The van der Waals surface area contributed by atoms with Gasteiger partial charge in [0.1, 0.15) is 12.4 Å². The summed E-state index contributed by atoms with van der Waals surface area (Å²) in [7, 11) is 1.61. The summed E-state index contributed by atoms with van der Waals surface area (Å²) in [5.74, 6) is 0.337.